The van der Waals surface area contributed by atoms with Crippen molar-refractivity contribution in [3.05, 3.63) is 59.7 Å². The van der Waals surface area contributed by atoms with E-state index in [1.165, 1.54) is 0 Å². The summed E-state index contributed by atoms with van der Waals surface area (Å²) in [5.74, 6) is 0.717. The molecule has 0 aliphatic heterocycles. The van der Waals surface area contributed by atoms with E-state index >= 15 is 0 Å². The van der Waals surface area contributed by atoms with Crippen molar-refractivity contribution in [1.82, 2.24) is 0 Å². The van der Waals surface area contributed by atoms with E-state index in [1.54, 1.807) is 55.5 Å². The highest BCUT2D eigenvalue weighted by molar-refractivity contribution is 5.98. The Morgan fingerprint density at radius 3 is 2.13 bits per heavy atom. The van der Waals surface area contributed by atoms with Gasteiger partial charge in [-0.25, -0.2) is 4.79 Å². The maximum Gasteiger partial charge on any atom is 0.343 e. The molecule has 0 amide bonds. The van der Waals surface area contributed by atoms with Crippen molar-refractivity contribution in [1.29, 1.82) is 0 Å². The summed E-state index contributed by atoms with van der Waals surface area (Å²) in [5.41, 5.74) is 1.70. The molecular weight excluding hydrogens is 294 g/mol. The van der Waals surface area contributed by atoms with Crippen molar-refractivity contribution in [3.8, 4) is 11.5 Å². The molecule has 0 atom stereocenters. The summed E-state index contributed by atoms with van der Waals surface area (Å²) < 4.78 is 10.8. The maximum absolute atomic E-state index is 12.1. The van der Waals surface area contributed by atoms with Gasteiger partial charge in [0.1, 0.15) is 11.5 Å². The number of hydrogen-bond acceptors (Lipinski definition) is 5. The number of hydrogen-bond donors (Lipinski definition) is 1. The Kier molecular flexibility index (Phi) is 5.74. The minimum absolute atomic E-state index is 0.427. The molecular formula is C18H19NO4. The van der Waals surface area contributed by atoms with Gasteiger partial charge in [0.05, 0.1) is 17.9 Å². The SMILES string of the molecule is CCCOc1ccc(C(=O)Oc2ccc(/C(C)=N/O)cc2)cc1. The number of benzene rings is 2. The van der Waals surface area contributed by atoms with Gasteiger partial charge in [-0.05, 0) is 67.4 Å². The molecule has 1 N–H and O–H groups in total. The van der Waals surface area contributed by atoms with Gasteiger partial charge in [0.2, 0.25) is 0 Å². The molecule has 120 valence electrons. The average Bonchev–Trinajstić information content (AvgIpc) is 2.60. The van der Waals surface area contributed by atoms with Gasteiger partial charge in [0.25, 0.3) is 0 Å². The molecule has 0 unspecified atom stereocenters. The van der Waals surface area contributed by atoms with Gasteiger partial charge in [-0.15, -0.1) is 0 Å². The van der Waals surface area contributed by atoms with Gasteiger partial charge in [-0.3, -0.25) is 0 Å². The Morgan fingerprint density at radius 1 is 1.00 bits per heavy atom. The van der Waals surface area contributed by atoms with E-state index in [2.05, 4.69) is 5.16 Å². The summed E-state index contributed by atoms with van der Waals surface area (Å²) >= 11 is 0. The molecule has 0 spiro atoms. The third-order valence-electron chi connectivity index (χ3n) is 3.20. The van der Waals surface area contributed by atoms with E-state index in [0.29, 0.717) is 23.6 Å². The van der Waals surface area contributed by atoms with Crippen LogP contribution in [0.2, 0.25) is 0 Å². The summed E-state index contributed by atoms with van der Waals surface area (Å²) in [6, 6.07) is 13.6. The Morgan fingerprint density at radius 2 is 1.57 bits per heavy atom. The van der Waals surface area contributed by atoms with E-state index in [1.807, 2.05) is 6.92 Å². The lowest BCUT2D eigenvalue weighted by Crippen LogP contribution is -2.08. The van der Waals surface area contributed by atoms with Crippen LogP contribution in [0.5, 0.6) is 11.5 Å². The molecule has 0 bridgehead atoms. The van der Waals surface area contributed by atoms with Crippen molar-refractivity contribution < 1.29 is 19.5 Å². The molecule has 2 aromatic carbocycles. The molecule has 0 fully saturated rings. The first-order chi connectivity index (χ1) is 11.1. The second kappa shape index (κ2) is 7.98. The van der Waals surface area contributed by atoms with Crippen LogP contribution in [0.4, 0.5) is 0 Å². The average molecular weight is 313 g/mol. The van der Waals surface area contributed by atoms with E-state index < -0.39 is 5.97 Å². The lowest BCUT2D eigenvalue weighted by Gasteiger charge is -2.07. The van der Waals surface area contributed by atoms with Crippen LogP contribution in [-0.4, -0.2) is 23.5 Å². The Hall–Kier alpha value is -2.82. The summed E-state index contributed by atoms with van der Waals surface area (Å²) in [7, 11) is 0. The molecule has 23 heavy (non-hydrogen) atoms. The number of nitrogens with zero attached hydrogens (tertiary/aromatic N) is 1. The number of rotatable bonds is 6. The second-order valence-electron chi connectivity index (χ2n) is 4.97. The number of carbonyl (C=O) groups is 1. The minimum atomic E-state index is -0.438. The van der Waals surface area contributed by atoms with E-state index in [-0.39, 0.29) is 0 Å². The predicted octanol–water partition coefficient (Wildman–Crippen LogP) is 3.89. The first-order valence-corrected chi connectivity index (χ1v) is 7.38. The standard InChI is InChI=1S/C18H19NO4/c1-3-12-22-16-8-6-15(7-9-16)18(20)23-17-10-4-14(5-11-17)13(2)19-21/h4-11,21H,3,12H2,1-2H3/b19-13+. The van der Waals surface area contributed by atoms with Crippen LogP contribution in [0.25, 0.3) is 0 Å². The third-order valence-corrected chi connectivity index (χ3v) is 3.20. The second-order valence-corrected chi connectivity index (χ2v) is 4.97. The fourth-order valence-corrected chi connectivity index (χ4v) is 1.90. The van der Waals surface area contributed by atoms with Crippen LogP contribution in [0, 0.1) is 0 Å². The van der Waals surface area contributed by atoms with Crippen LogP contribution in [-0.2, 0) is 0 Å². The number of oxime groups is 1. The molecule has 0 saturated carbocycles. The van der Waals surface area contributed by atoms with Crippen molar-refractivity contribution in [2.24, 2.45) is 5.16 Å². The summed E-state index contributed by atoms with van der Waals surface area (Å²) in [4.78, 5) is 12.1. The van der Waals surface area contributed by atoms with Crippen LogP contribution in [0.1, 0.15) is 36.2 Å². The molecule has 0 radical (unpaired) electrons. The predicted molar refractivity (Wildman–Crippen MR) is 87.6 cm³/mol. The molecule has 5 heteroatoms. The lowest BCUT2D eigenvalue weighted by molar-refractivity contribution is 0.0734. The molecule has 0 aromatic heterocycles. The summed E-state index contributed by atoms with van der Waals surface area (Å²) in [5, 5.41) is 11.8. The topological polar surface area (TPSA) is 68.1 Å². The van der Waals surface area contributed by atoms with Gasteiger partial charge in [0, 0.05) is 0 Å². The molecule has 0 heterocycles. The van der Waals surface area contributed by atoms with Gasteiger partial charge >= 0.3 is 5.97 Å². The Bertz CT molecular complexity index is 675. The van der Waals surface area contributed by atoms with Crippen LogP contribution in [0.3, 0.4) is 0 Å². The highest BCUT2D eigenvalue weighted by Crippen LogP contribution is 2.17. The van der Waals surface area contributed by atoms with Crippen molar-refractivity contribution in [2.45, 2.75) is 20.3 Å². The van der Waals surface area contributed by atoms with Crippen molar-refractivity contribution in [2.75, 3.05) is 6.61 Å². The smallest absolute Gasteiger partial charge is 0.343 e. The van der Waals surface area contributed by atoms with Gasteiger partial charge in [-0.2, -0.15) is 0 Å². The minimum Gasteiger partial charge on any atom is -0.494 e. The van der Waals surface area contributed by atoms with E-state index in [9.17, 15) is 4.79 Å². The Balaban J connectivity index is 2.01. The van der Waals surface area contributed by atoms with Gasteiger partial charge in [0.15, 0.2) is 0 Å². The van der Waals surface area contributed by atoms with Crippen molar-refractivity contribution in [3.63, 3.8) is 0 Å². The number of ether oxygens (including phenoxy) is 2. The summed E-state index contributed by atoms with van der Waals surface area (Å²) in [6.07, 6.45) is 0.931. The zero-order valence-electron chi connectivity index (χ0n) is 13.2. The molecule has 0 aliphatic carbocycles. The van der Waals surface area contributed by atoms with E-state index in [0.717, 1.165) is 17.7 Å². The van der Waals surface area contributed by atoms with Crippen molar-refractivity contribution >= 4 is 11.7 Å². The van der Waals surface area contributed by atoms with Crippen LogP contribution in [0.15, 0.2) is 53.7 Å². The van der Waals surface area contributed by atoms with E-state index in [4.69, 9.17) is 14.7 Å². The molecule has 0 aliphatic rings. The lowest BCUT2D eigenvalue weighted by atomic mass is 10.1. The maximum atomic E-state index is 12.1. The first kappa shape index (κ1) is 16.5. The van der Waals surface area contributed by atoms with Gasteiger partial charge < -0.3 is 14.7 Å². The van der Waals surface area contributed by atoms with Gasteiger partial charge in [-0.1, -0.05) is 12.1 Å². The normalized spacial score (nSPS) is 11.1. The monoisotopic (exact) mass is 313 g/mol. The number of carbonyl (C=O) groups excluding carboxylic acids is 1. The summed E-state index contributed by atoms with van der Waals surface area (Å²) in [6.45, 7) is 4.36. The number of esters is 1. The highest BCUT2D eigenvalue weighted by Gasteiger charge is 2.09. The zero-order valence-corrected chi connectivity index (χ0v) is 13.2. The van der Waals surface area contributed by atoms with Crippen LogP contribution < -0.4 is 9.47 Å². The fraction of sp³-hybridized carbons (Fsp3) is 0.222. The molecule has 5 nitrogen and oxygen atoms in total. The zero-order chi connectivity index (χ0) is 16.7. The molecule has 2 rings (SSSR count). The Labute approximate surface area is 135 Å². The molecule has 0 saturated heterocycles. The highest BCUT2D eigenvalue weighted by atomic mass is 16.5. The third kappa shape index (κ3) is 4.57. The molecule has 2 aromatic rings. The quantitative estimate of drug-likeness (QED) is 0.289. The first-order valence-electron chi connectivity index (χ1n) is 7.38. The van der Waals surface area contributed by atoms with Crippen LogP contribution >= 0.6 is 0 Å². The largest absolute Gasteiger partial charge is 0.494 e. The fourth-order valence-electron chi connectivity index (χ4n) is 1.90.